The highest BCUT2D eigenvalue weighted by Crippen LogP contribution is 2.36. The first kappa shape index (κ1) is 21.6. The predicted octanol–water partition coefficient (Wildman–Crippen LogP) is 2.90. The Balaban J connectivity index is 1.49. The van der Waals surface area contributed by atoms with Crippen LogP contribution < -0.4 is 14.5 Å². The number of methoxy groups -OCH3 is 1. The summed E-state index contributed by atoms with van der Waals surface area (Å²) in [5, 5.41) is 0. The summed E-state index contributed by atoms with van der Waals surface area (Å²) in [4.78, 5) is 41.4. The van der Waals surface area contributed by atoms with Gasteiger partial charge in [-0.25, -0.2) is 14.9 Å². The van der Waals surface area contributed by atoms with Crippen molar-refractivity contribution in [3.05, 3.63) is 83.8 Å². The lowest BCUT2D eigenvalue weighted by molar-refractivity contribution is -0.120. The van der Waals surface area contributed by atoms with Crippen molar-refractivity contribution in [1.82, 2.24) is 14.9 Å². The number of ether oxygens (including phenoxy) is 1. The third-order valence-electron chi connectivity index (χ3n) is 6.16. The van der Waals surface area contributed by atoms with Crippen molar-refractivity contribution < 1.29 is 14.3 Å². The highest BCUT2D eigenvalue weighted by molar-refractivity contribution is 6.45. The molecule has 0 N–H and O–H groups in total. The molecule has 0 atom stereocenters. The van der Waals surface area contributed by atoms with Crippen molar-refractivity contribution in [2.45, 2.75) is 6.92 Å². The first-order chi connectivity index (χ1) is 16.6. The average molecular weight is 456 g/mol. The second kappa shape index (κ2) is 8.97. The Morgan fingerprint density at radius 1 is 0.794 bits per heavy atom. The minimum atomic E-state index is -0.317. The molecule has 1 saturated heterocycles. The number of anilines is 2. The van der Waals surface area contributed by atoms with Crippen LogP contribution in [-0.4, -0.2) is 60.0 Å². The van der Waals surface area contributed by atoms with Gasteiger partial charge in [-0.05, 0) is 42.8 Å². The second-order valence-corrected chi connectivity index (χ2v) is 8.26. The van der Waals surface area contributed by atoms with Gasteiger partial charge < -0.3 is 14.5 Å². The van der Waals surface area contributed by atoms with Crippen LogP contribution in [0.15, 0.2) is 72.7 Å². The molecule has 1 fully saturated rings. The van der Waals surface area contributed by atoms with E-state index in [4.69, 9.17) is 4.74 Å². The van der Waals surface area contributed by atoms with E-state index < -0.39 is 0 Å². The number of hydrogen-bond donors (Lipinski definition) is 0. The summed E-state index contributed by atoms with van der Waals surface area (Å²) in [6.07, 6.45) is 3.44. The maximum atomic E-state index is 13.7. The summed E-state index contributed by atoms with van der Waals surface area (Å²) in [6.45, 7) is 4.46. The normalized spacial score (nSPS) is 16.5. The van der Waals surface area contributed by atoms with Gasteiger partial charge in [0.15, 0.2) is 0 Å². The van der Waals surface area contributed by atoms with Gasteiger partial charge in [0.2, 0.25) is 5.95 Å². The summed E-state index contributed by atoms with van der Waals surface area (Å²) in [5.74, 6) is 0.704. The lowest BCUT2D eigenvalue weighted by atomic mass is 10.0. The maximum absolute atomic E-state index is 13.7. The lowest BCUT2D eigenvalue weighted by Crippen LogP contribution is -2.48. The molecule has 3 heterocycles. The number of piperazine rings is 1. The average Bonchev–Trinajstić information content (AvgIpc) is 3.15. The molecular formula is C26H25N5O3. The van der Waals surface area contributed by atoms with Crippen LogP contribution in [0.4, 0.5) is 11.6 Å². The number of hydrogen-bond acceptors (Lipinski definition) is 7. The van der Waals surface area contributed by atoms with Gasteiger partial charge >= 0.3 is 0 Å². The molecule has 3 aromatic rings. The highest BCUT2D eigenvalue weighted by atomic mass is 16.5. The van der Waals surface area contributed by atoms with Gasteiger partial charge in [0.25, 0.3) is 11.8 Å². The van der Waals surface area contributed by atoms with Gasteiger partial charge in [0.05, 0.1) is 18.4 Å². The third-order valence-corrected chi connectivity index (χ3v) is 6.16. The van der Waals surface area contributed by atoms with E-state index in [1.165, 1.54) is 4.90 Å². The van der Waals surface area contributed by atoms with E-state index >= 15 is 0 Å². The van der Waals surface area contributed by atoms with Crippen molar-refractivity contribution in [3.8, 4) is 5.75 Å². The van der Waals surface area contributed by atoms with Crippen molar-refractivity contribution in [1.29, 1.82) is 0 Å². The Bertz CT molecular complexity index is 1230. The molecule has 0 aliphatic carbocycles. The zero-order chi connectivity index (χ0) is 23.7. The van der Waals surface area contributed by atoms with E-state index in [-0.39, 0.29) is 11.8 Å². The molecule has 0 radical (unpaired) electrons. The van der Waals surface area contributed by atoms with E-state index in [1.54, 1.807) is 49.8 Å². The van der Waals surface area contributed by atoms with Gasteiger partial charge in [-0.1, -0.05) is 29.8 Å². The van der Waals surface area contributed by atoms with Gasteiger partial charge in [-0.3, -0.25) is 9.59 Å². The van der Waals surface area contributed by atoms with Crippen LogP contribution in [-0.2, 0) is 9.59 Å². The van der Waals surface area contributed by atoms with Crippen molar-refractivity contribution >= 4 is 29.0 Å². The molecule has 1 aromatic heterocycles. The number of amides is 2. The second-order valence-electron chi connectivity index (χ2n) is 8.26. The number of carbonyl (C=O) groups is 2. The van der Waals surface area contributed by atoms with Crippen molar-refractivity contribution in [2.24, 2.45) is 0 Å². The summed E-state index contributed by atoms with van der Waals surface area (Å²) < 4.78 is 5.23. The molecule has 2 aliphatic heterocycles. The smallest absolute Gasteiger partial charge is 0.282 e. The Labute approximate surface area is 198 Å². The molecule has 0 bridgehead atoms. The number of aromatic nitrogens is 2. The first-order valence-electron chi connectivity index (χ1n) is 11.2. The Kier molecular flexibility index (Phi) is 5.71. The minimum Gasteiger partial charge on any atom is -0.497 e. The summed E-state index contributed by atoms with van der Waals surface area (Å²) in [5.41, 5.74) is 3.23. The Morgan fingerprint density at radius 2 is 1.41 bits per heavy atom. The van der Waals surface area contributed by atoms with Crippen LogP contribution in [0.3, 0.4) is 0 Å². The van der Waals surface area contributed by atoms with Crippen LogP contribution in [0.5, 0.6) is 5.75 Å². The number of nitrogens with zero attached hydrogens (tertiary/aromatic N) is 5. The van der Waals surface area contributed by atoms with Gasteiger partial charge in [0.1, 0.15) is 11.4 Å². The largest absolute Gasteiger partial charge is 0.497 e. The first-order valence-corrected chi connectivity index (χ1v) is 11.2. The molecule has 34 heavy (non-hydrogen) atoms. The predicted molar refractivity (Wildman–Crippen MR) is 129 cm³/mol. The zero-order valence-electron chi connectivity index (χ0n) is 19.1. The number of carbonyl (C=O) groups excluding carboxylic acids is 2. The summed E-state index contributed by atoms with van der Waals surface area (Å²) in [6, 6.07) is 16.5. The van der Waals surface area contributed by atoms with Gasteiger partial charge in [-0.15, -0.1) is 0 Å². The number of aryl methyl sites for hydroxylation is 1. The van der Waals surface area contributed by atoms with E-state index in [0.29, 0.717) is 54.8 Å². The standard InChI is InChI=1S/C26H25N5O3/c1-18-4-6-19(7-5-18)22-23(29-14-16-30(17-15-29)26-27-12-3-13-28-26)25(33)31(24(22)32)20-8-10-21(34-2)11-9-20/h3-13H,14-17H2,1-2H3. The van der Waals surface area contributed by atoms with Crippen LogP contribution in [0.1, 0.15) is 11.1 Å². The molecule has 172 valence electrons. The number of benzene rings is 2. The fourth-order valence-electron chi connectivity index (χ4n) is 4.34. The fourth-order valence-corrected chi connectivity index (χ4v) is 4.34. The van der Waals surface area contributed by atoms with Crippen molar-refractivity contribution in [2.75, 3.05) is 43.1 Å². The SMILES string of the molecule is COc1ccc(N2C(=O)C(c3ccc(C)cc3)=C(N3CCN(c4ncccn4)CC3)C2=O)cc1. The molecule has 0 saturated carbocycles. The molecule has 8 heteroatoms. The fraction of sp³-hybridized carbons (Fsp3) is 0.231. The molecule has 2 aromatic carbocycles. The zero-order valence-corrected chi connectivity index (χ0v) is 19.1. The Morgan fingerprint density at radius 3 is 2.03 bits per heavy atom. The van der Waals surface area contributed by atoms with Crippen LogP contribution >= 0.6 is 0 Å². The van der Waals surface area contributed by atoms with Gasteiger partial charge in [0, 0.05) is 38.6 Å². The molecule has 0 spiro atoms. The minimum absolute atomic E-state index is 0.310. The van der Waals surface area contributed by atoms with E-state index in [1.807, 2.05) is 36.1 Å². The van der Waals surface area contributed by atoms with Gasteiger partial charge in [-0.2, -0.15) is 0 Å². The molecule has 2 aliphatic rings. The Hall–Kier alpha value is -4.20. The highest BCUT2D eigenvalue weighted by Gasteiger charge is 2.43. The molecule has 8 nitrogen and oxygen atoms in total. The van der Waals surface area contributed by atoms with Crippen LogP contribution in [0.2, 0.25) is 0 Å². The summed E-state index contributed by atoms with van der Waals surface area (Å²) in [7, 11) is 1.58. The number of rotatable bonds is 5. The quantitative estimate of drug-likeness (QED) is 0.548. The molecule has 0 unspecified atom stereocenters. The number of imide groups is 1. The topological polar surface area (TPSA) is 78.9 Å². The molecule has 2 amide bonds. The molecular weight excluding hydrogens is 430 g/mol. The monoisotopic (exact) mass is 455 g/mol. The van der Waals surface area contributed by atoms with E-state index in [0.717, 1.165) is 11.1 Å². The van der Waals surface area contributed by atoms with Crippen molar-refractivity contribution in [3.63, 3.8) is 0 Å². The maximum Gasteiger partial charge on any atom is 0.282 e. The summed E-state index contributed by atoms with van der Waals surface area (Å²) >= 11 is 0. The lowest BCUT2D eigenvalue weighted by Gasteiger charge is -2.36. The third kappa shape index (κ3) is 3.87. The van der Waals surface area contributed by atoms with E-state index in [2.05, 4.69) is 14.9 Å². The van der Waals surface area contributed by atoms with Crippen LogP contribution in [0.25, 0.3) is 5.57 Å². The van der Waals surface area contributed by atoms with Crippen LogP contribution in [0, 0.1) is 6.92 Å². The van der Waals surface area contributed by atoms with E-state index in [9.17, 15) is 9.59 Å². The molecule has 5 rings (SSSR count).